The van der Waals surface area contributed by atoms with Crippen molar-refractivity contribution in [2.45, 2.75) is 63.4 Å². The number of hydrogen-bond donors (Lipinski definition) is 1. The summed E-state index contributed by atoms with van der Waals surface area (Å²) >= 11 is 0. The van der Waals surface area contributed by atoms with Crippen LogP contribution >= 0.6 is 0 Å². The Morgan fingerprint density at radius 3 is 2.67 bits per heavy atom. The fraction of sp³-hybridized carbons (Fsp3) is 1.00. The van der Waals surface area contributed by atoms with Gasteiger partial charge in [-0.1, -0.05) is 6.92 Å². The number of hydrogen-bond acceptors (Lipinski definition) is 3. The maximum absolute atomic E-state index is 6.00. The van der Waals surface area contributed by atoms with Gasteiger partial charge in [-0.3, -0.25) is 0 Å². The van der Waals surface area contributed by atoms with Gasteiger partial charge in [0.05, 0.1) is 18.3 Å². The van der Waals surface area contributed by atoms with Crippen LogP contribution in [-0.2, 0) is 9.47 Å². The number of nitrogens with one attached hydrogen (secondary N) is 1. The summed E-state index contributed by atoms with van der Waals surface area (Å²) in [6, 6.07) is 0.502. The van der Waals surface area contributed by atoms with Gasteiger partial charge in [0.25, 0.3) is 0 Å². The number of ether oxygens (including phenoxy) is 2. The summed E-state index contributed by atoms with van der Waals surface area (Å²) in [6.45, 7) is 3.00. The van der Waals surface area contributed by atoms with Crippen molar-refractivity contribution < 1.29 is 9.47 Å². The smallest absolute Gasteiger partial charge is 0.0990 e. The van der Waals surface area contributed by atoms with Gasteiger partial charge in [-0.15, -0.1) is 0 Å². The Morgan fingerprint density at radius 1 is 1.33 bits per heavy atom. The summed E-state index contributed by atoms with van der Waals surface area (Å²) in [5, 5.41) is 3.29. The van der Waals surface area contributed by atoms with E-state index >= 15 is 0 Å². The van der Waals surface area contributed by atoms with Crippen molar-refractivity contribution in [3.8, 4) is 0 Å². The van der Waals surface area contributed by atoms with Crippen molar-refractivity contribution in [1.82, 2.24) is 5.32 Å². The summed E-state index contributed by atoms with van der Waals surface area (Å²) < 4.78 is 11.8. The van der Waals surface area contributed by atoms with Gasteiger partial charge in [0, 0.05) is 12.6 Å². The first-order chi connectivity index (χ1) is 7.35. The summed E-state index contributed by atoms with van der Waals surface area (Å²) in [7, 11) is 2.01. The molecular formula is C12H23NO2. The van der Waals surface area contributed by atoms with Gasteiger partial charge in [-0.2, -0.15) is 0 Å². The number of likely N-dealkylation sites (N-methyl/N-ethyl adjacent to an activating group) is 1. The van der Waals surface area contributed by atoms with Crippen LogP contribution in [0.2, 0.25) is 0 Å². The highest BCUT2D eigenvalue weighted by Crippen LogP contribution is 2.32. The average Bonchev–Trinajstić information content (AvgIpc) is 2.14. The van der Waals surface area contributed by atoms with E-state index < -0.39 is 0 Å². The van der Waals surface area contributed by atoms with E-state index in [2.05, 4.69) is 12.2 Å². The molecule has 3 atom stereocenters. The molecule has 0 bridgehead atoms. The van der Waals surface area contributed by atoms with Crippen molar-refractivity contribution in [2.24, 2.45) is 0 Å². The van der Waals surface area contributed by atoms with Gasteiger partial charge >= 0.3 is 0 Å². The molecular weight excluding hydrogens is 190 g/mol. The lowest BCUT2D eigenvalue weighted by Crippen LogP contribution is -2.60. The third-order valence-corrected chi connectivity index (χ3v) is 3.55. The Bertz CT molecular complexity index is 194. The Hall–Kier alpha value is -0.120. The fourth-order valence-corrected chi connectivity index (χ4v) is 2.23. The number of rotatable bonds is 6. The molecule has 0 aromatic heterocycles. The molecule has 2 aliphatic carbocycles. The molecule has 2 saturated carbocycles. The summed E-state index contributed by atoms with van der Waals surface area (Å²) in [4.78, 5) is 0. The fourth-order valence-electron chi connectivity index (χ4n) is 2.23. The van der Waals surface area contributed by atoms with E-state index in [9.17, 15) is 0 Å². The predicted molar refractivity (Wildman–Crippen MR) is 60.0 cm³/mol. The lowest BCUT2D eigenvalue weighted by atomic mass is 9.84. The molecule has 2 aliphatic rings. The quantitative estimate of drug-likeness (QED) is 0.728. The maximum atomic E-state index is 6.00. The molecule has 0 amide bonds. The first kappa shape index (κ1) is 11.4. The van der Waals surface area contributed by atoms with E-state index in [0.29, 0.717) is 18.2 Å². The second-order valence-electron chi connectivity index (χ2n) is 4.69. The molecule has 0 heterocycles. The van der Waals surface area contributed by atoms with Crippen LogP contribution in [0.15, 0.2) is 0 Å². The van der Waals surface area contributed by atoms with Crippen LogP contribution < -0.4 is 5.32 Å². The van der Waals surface area contributed by atoms with Crippen LogP contribution in [0.1, 0.15) is 39.0 Å². The molecule has 0 saturated heterocycles. The lowest BCUT2D eigenvalue weighted by Gasteiger charge is -2.46. The van der Waals surface area contributed by atoms with Crippen molar-refractivity contribution in [3.05, 3.63) is 0 Å². The van der Waals surface area contributed by atoms with Crippen molar-refractivity contribution in [1.29, 1.82) is 0 Å². The topological polar surface area (TPSA) is 30.5 Å². The monoisotopic (exact) mass is 213 g/mol. The molecule has 0 radical (unpaired) electrons. The van der Waals surface area contributed by atoms with Crippen molar-refractivity contribution >= 4 is 0 Å². The van der Waals surface area contributed by atoms with Crippen LogP contribution in [0.25, 0.3) is 0 Å². The first-order valence-electron chi connectivity index (χ1n) is 6.29. The van der Waals surface area contributed by atoms with Gasteiger partial charge in [-0.25, -0.2) is 0 Å². The zero-order valence-electron chi connectivity index (χ0n) is 9.87. The Morgan fingerprint density at radius 2 is 2.13 bits per heavy atom. The van der Waals surface area contributed by atoms with E-state index in [1.165, 1.54) is 19.3 Å². The van der Waals surface area contributed by atoms with Gasteiger partial charge in [0.1, 0.15) is 0 Å². The minimum absolute atomic E-state index is 0.288. The lowest BCUT2D eigenvalue weighted by molar-refractivity contribution is -0.179. The molecule has 1 N–H and O–H groups in total. The van der Waals surface area contributed by atoms with Crippen molar-refractivity contribution in [3.63, 3.8) is 0 Å². The van der Waals surface area contributed by atoms with Crippen LogP contribution in [0.3, 0.4) is 0 Å². The third kappa shape index (κ3) is 2.52. The molecule has 0 aliphatic heterocycles. The van der Waals surface area contributed by atoms with E-state index in [-0.39, 0.29) is 6.10 Å². The highest BCUT2D eigenvalue weighted by atomic mass is 16.6. The minimum Gasteiger partial charge on any atom is -0.374 e. The zero-order chi connectivity index (χ0) is 10.7. The SMILES string of the molecule is CCCOC1C(NC)CC1OC1CCC1. The largest absolute Gasteiger partial charge is 0.374 e. The van der Waals surface area contributed by atoms with Gasteiger partial charge < -0.3 is 14.8 Å². The molecule has 3 heteroatoms. The molecule has 15 heavy (non-hydrogen) atoms. The van der Waals surface area contributed by atoms with Crippen LogP contribution in [0, 0.1) is 0 Å². The van der Waals surface area contributed by atoms with Crippen LogP contribution in [-0.4, -0.2) is 38.0 Å². The van der Waals surface area contributed by atoms with E-state index in [1.54, 1.807) is 0 Å². The third-order valence-electron chi connectivity index (χ3n) is 3.55. The highest BCUT2D eigenvalue weighted by Gasteiger charge is 2.43. The Kier molecular flexibility index (Phi) is 4.00. The minimum atomic E-state index is 0.288. The van der Waals surface area contributed by atoms with E-state index in [1.807, 2.05) is 7.05 Å². The van der Waals surface area contributed by atoms with Crippen LogP contribution in [0.5, 0.6) is 0 Å². The molecule has 3 nitrogen and oxygen atoms in total. The second kappa shape index (κ2) is 5.28. The second-order valence-corrected chi connectivity index (χ2v) is 4.69. The summed E-state index contributed by atoms with van der Waals surface area (Å²) in [6.07, 6.45) is 7.20. The Labute approximate surface area is 92.5 Å². The predicted octanol–water partition coefficient (Wildman–Crippen LogP) is 1.71. The normalized spacial score (nSPS) is 36.0. The maximum Gasteiger partial charge on any atom is 0.0990 e. The first-order valence-corrected chi connectivity index (χ1v) is 6.29. The van der Waals surface area contributed by atoms with Gasteiger partial charge in [0.15, 0.2) is 0 Å². The molecule has 0 aromatic rings. The zero-order valence-corrected chi connectivity index (χ0v) is 9.87. The van der Waals surface area contributed by atoms with Crippen LogP contribution in [0.4, 0.5) is 0 Å². The van der Waals surface area contributed by atoms with Gasteiger partial charge in [-0.05, 0) is 39.2 Å². The molecule has 3 unspecified atom stereocenters. The summed E-state index contributed by atoms with van der Waals surface area (Å²) in [5.41, 5.74) is 0. The van der Waals surface area contributed by atoms with Crippen molar-refractivity contribution in [2.75, 3.05) is 13.7 Å². The molecule has 0 spiro atoms. The molecule has 2 rings (SSSR count). The van der Waals surface area contributed by atoms with E-state index in [0.717, 1.165) is 19.4 Å². The summed E-state index contributed by atoms with van der Waals surface area (Å²) in [5.74, 6) is 0. The van der Waals surface area contributed by atoms with E-state index in [4.69, 9.17) is 9.47 Å². The molecule has 2 fully saturated rings. The standard InChI is InChI=1S/C12H23NO2/c1-3-7-14-12-10(13-2)8-11(12)15-9-5-4-6-9/h9-13H,3-8H2,1-2H3. The van der Waals surface area contributed by atoms with Gasteiger partial charge in [0.2, 0.25) is 0 Å². The highest BCUT2D eigenvalue weighted by molar-refractivity contribution is 4.97. The molecule has 0 aromatic carbocycles. The Balaban J connectivity index is 1.73. The molecule has 88 valence electrons. The average molecular weight is 213 g/mol.